The van der Waals surface area contributed by atoms with Crippen LogP contribution in [0.1, 0.15) is 37.5 Å². The molecule has 0 spiro atoms. The van der Waals surface area contributed by atoms with Crippen molar-refractivity contribution in [3.8, 4) is 17.2 Å². The highest BCUT2D eigenvalue weighted by Crippen LogP contribution is 2.32. The van der Waals surface area contributed by atoms with E-state index in [0.717, 1.165) is 5.56 Å². The lowest BCUT2D eigenvalue weighted by atomic mass is 10.0. The SMILES string of the molecule is CCOc1cccc(OC(=O)OC)c1COc1cc(F)c(CC)cc1CC. The Hall–Kier alpha value is -2.76. The summed E-state index contributed by atoms with van der Waals surface area (Å²) >= 11 is 0. The summed E-state index contributed by atoms with van der Waals surface area (Å²) < 4.78 is 35.4. The number of hydrogen-bond donors (Lipinski definition) is 0. The largest absolute Gasteiger partial charge is 0.513 e. The zero-order valence-electron chi connectivity index (χ0n) is 16.1. The van der Waals surface area contributed by atoms with Crippen molar-refractivity contribution in [1.82, 2.24) is 0 Å². The smallest absolute Gasteiger partial charge is 0.493 e. The van der Waals surface area contributed by atoms with E-state index < -0.39 is 6.16 Å². The first kappa shape index (κ1) is 20.6. The van der Waals surface area contributed by atoms with Crippen molar-refractivity contribution in [2.45, 2.75) is 40.2 Å². The number of methoxy groups -OCH3 is 1. The Labute approximate surface area is 159 Å². The van der Waals surface area contributed by atoms with Crippen LogP contribution >= 0.6 is 0 Å². The molecule has 0 amide bonds. The highest BCUT2D eigenvalue weighted by atomic mass is 19.1. The molecule has 0 aliphatic rings. The third-order valence-electron chi connectivity index (χ3n) is 4.11. The second-order valence-corrected chi connectivity index (χ2v) is 5.77. The number of rotatable bonds is 8. The lowest BCUT2D eigenvalue weighted by Gasteiger charge is -2.17. The molecule has 0 unspecified atom stereocenters. The standard InChI is InChI=1S/C21H25FO5/c1-5-14-11-15(6-2)20(12-17(14)22)26-13-16-18(25-7-3)9-8-10-19(16)27-21(23)24-4/h8-12H,5-7,13H2,1-4H3. The quantitative estimate of drug-likeness (QED) is 0.475. The third kappa shape index (κ3) is 5.12. The molecule has 27 heavy (non-hydrogen) atoms. The minimum Gasteiger partial charge on any atom is -0.493 e. The van der Waals surface area contributed by atoms with Crippen LogP contribution in [0.25, 0.3) is 0 Å². The summed E-state index contributed by atoms with van der Waals surface area (Å²) in [5.41, 5.74) is 2.12. The first-order valence-electron chi connectivity index (χ1n) is 8.98. The summed E-state index contributed by atoms with van der Waals surface area (Å²) in [6.45, 7) is 6.24. The Balaban J connectivity index is 2.33. The molecule has 6 heteroatoms. The molecule has 0 aliphatic heterocycles. The lowest BCUT2D eigenvalue weighted by molar-refractivity contribution is 0.120. The fourth-order valence-corrected chi connectivity index (χ4v) is 2.69. The Morgan fingerprint density at radius 1 is 0.963 bits per heavy atom. The van der Waals surface area contributed by atoms with Crippen molar-refractivity contribution < 1.29 is 28.1 Å². The fraction of sp³-hybridized carbons (Fsp3) is 0.381. The predicted molar refractivity (Wildman–Crippen MR) is 100 cm³/mol. The topological polar surface area (TPSA) is 54.0 Å². The number of benzene rings is 2. The van der Waals surface area contributed by atoms with Gasteiger partial charge in [0.25, 0.3) is 0 Å². The molecule has 0 aliphatic carbocycles. The summed E-state index contributed by atoms with van der Waals surface area (Å²) in [4.78, 5) is 11.5. The maximum atomic E-state index is 14.2. The van der Waals surface area contributed by atoms with Gasteiger partial charge in [-0.15, -0.1) is 0 Å². The van der Waals surface area contributed by atoms with Crippen LogP contribution in [0.15, 0.2) is 30.3 Å². The Morgan fingerprint density at radius 2 is 1.67 bits per heavy atom. The molecule has 0 aromatic heterocycles. The van der Waals surface area contributed by atoms with Crippen molar-refractivity contribution in [3.05, 3.63) is 52.8 Å². The van der Waals surface area contributed by atoms with Gasteiger partial charge in [0, 0.05) is 6.07 Å². The van der Waals surface area contributed by atoms with E-state index in [1.807, 2.05) is 26.8 Å². The van der Waals surface area contributed by atoms with Gasteiger partial charge in [-0.3, -0.25) is 0 Å². The van der Waals surface area contributed by atoms with Crippen molar-refractivity contribution in [1.29, 1.82) is 0 Å². The van der Waals surface area contributed by atoms with E-state index in [9.17, 15) is 9.18 Å². The molecule has 0 N–H and O–H groups in total. The van der Waals surface area contributed by atoms with Gasteiger partial charge in [0.1, 0.15) is 29.7 Å². The molecule has 0 saturated heterocycles. The second-order valence-electron chi connectivity index (χ2n) is 5.77. The molecule has 0 bridgehead atoms. The van der Waals surface area contributed by atoms with Crippen molar-refractivity contribution in [2.24, 2.45) is 0 Å². The van der Waals surface area contributed by atoms with Crippen LogP contribution in [0, 0.1) is 5.82 Å². The minimum atomic E-state index is -0.836. The van der Waals surface area contributed by atoms with Crippen molar-refractivity contribution in [2.75, 3.05) is 13.7 Å². The number of ether oxygens (including phenoxy) is 4. The molecule has 2 aromatic carbocycles. The summed E-state index contributed by atoms with van der Waals surface area (Å²) in [7, 11) is 1.23. The van der Waals surface area contributed by atoms with Crippen molar-refractivity contribution in [3.63, 3.8) is 0 Å². The molecule has 0 heterocycles. The van der Waals surface area contributed by atoms with Gasteiger partial charge in [-0.25, -0.2) is 9.18 Å². The number of halogens is 1. The van der Waals surface area contributed by atoms with Gasteiger partial charge < -0.3 is 18.9 Å². The maximum absolute atomic E-state index is 14.2. The molecular formula is C21H25FO5. The summed E-state index contributed by atoms with van der Waals surface area (Å²) in [5.74, 6) is 0.968. The van der Waals surface area contributed by atoms with Gasteiger partial charge in [-0.2, -0.15) is 0 Å². The van der Waals surface area contributed by atoms with Crippen LogP contribution in [0.4, 0.5) is 9.18 Å². The van der Waals surface area contributed by atoms with Gasteiger partial charge in [-0.05, 0) is 49.1 Å². The molecule has 2 aromatic rings. The second kappa shape index (κ2) is 9.80. The normalized spacial score (nSPS) is 10.4. The zero-order valence-corrected chi connectivity index (χ0v) is 16.1. The fourth-order valence-electron chi connectivity index (χ4n) is 2.69. The number of carbonyl (C=O) groups is 1. The van der Waals surface area contributed by atoms with Gasteiger partial charge in [0.2, 0.25) is 0 Å². The number of hydrogen-bond acceptors (Lipinski definition) is 5. The third-order valence-corrected chi connectivity index (χ3v) is 4.11. The Morgan fingerprint density at radius 3 is 2.30 bits per heavy atom. The molecule has 0 radical (unpaired) electrons. The van der Waals surface area contributed by atoms with Gasteiger partial charge in [0.15, 0.2) is 0 Å². The van der Waals surface area contributed by atoms with E-state index in [2.05, 4.69) is 4.74 Å². The monoisotopic (exact) mass is 376 g/mol. The van der Waals surface area contributed by atoms with Gasteiger partial charge in [0.05, 0.1) is 19.3 Å². The highest BCUT2D eigenvalue weighted by molar-refractivity contribution is 5.65. The number of aryl methyl sites for hydroxylation is 2. The van der Waals surface area contributed by atoms with Crippen LogP contribution < -0.4 is 14.2 Å². The summed E-state index contributed by atoms with van der Waals surface area (Å²) in [6, 6.07) is 8.32. The molecular weight excluding hydrogens is 351 g/mol. The predicted octanol–water partition coefficient (Wildman–Crippen LogP) is 5.07. The lowest BCUT2D eigenvalue weighted by Crippen LogP contribution is -2.11. The number of carbonyl (C=O) groups excluding carboxylic acids is 1. The summed E-state index contributed by atoms with van der Waals surface area (Å²) in [6.07, 6.45) is 0.488. The van der Waals surface area contributed by atoms with Crippen molar-refractivity contribution >= 4 is 6.16 Å². The van der Waals surface area contributed by atoms with E-state index in [1.54, 1.807) is 18.2 Å². The molecule has 0 atom stereocenters. The molecule has 5 nitrogen and oxygen atoms in total. The van der Waals surface area contributed by atoms with E-state index in [0.29, 0.717) is 42.1 Å². The van der Waals surface area contributed by atoms with E-state index in [4.69, 9.17) is 14.2 Å². The van der Waals surface area contributed by atoms with Gasteiger partial charge >= 0.3 is 6.16 Å². The average Bonchev–Trinajstić information content (AvgIpc) is 2.67. The van der Waals surface area contributed by atoms with Crippen LogP contribution in [-0.2, 0) is 24.2 Å². The van der Waals surface area contributed by atoms with E-state index in [1.165, 1.54) is 13.2 Å². The first-order chi connectivity index (χ1) is 13.0. The Bertz CT molecular complexity index is 788. The van der Waals surface area contributed by atoms with Crippen LogP contribution in [0.3, 0.4) is 0 Å². The molecule has 0 saturated carbocycles. The summed E-state index contributed by atoms with van der Waals surface area (Å²) in [5, 5.41) is 0. The zero-order chi connectivity index (χ0) is 19.8. The van der Waals surface area contributed by atoms with Crippen LogP contribution in [0.2, 0.25) is 0 Å². The molecule has 0 fully saturated rings. The van der Waals surface area contributed by atoms with E-state index in [-0.39, 0.29) is 18.2 Å². The highest BCUT2D eigenvalue weighted by Gasteiger charge is 2.17. The first-order valence-corrected chi connectivity index (χ1v) is 8.98. The minimum absolute atomic E-state index is 0.0560. The molecule has 2 rings (SSSR count). The van der Waals surface area contributed by atoms with E-state index >= 15 is 0 Å². The van der Waals surface area contributed by atoms with Crippen LogP contribution in [0.5, 0.6) is 17.2 Å². The Kier molecular flexibility index (Phi) is 7.46. The van der Waals surface area contributed by atoms with Crippen LogP contribution in [-0.4, -0.2) is 19.9 Å². The molecule has 146 valence electrons. The maximum Gasteiger partial charge on any atom is 0.513 e. The average molecular weight is 376 g/mol. The van der Waals surface area contributed by atoms with Gasteiger partial charge in [-0.1, -0.05) is 19.9 Å².